The van der Waals surface area contributed by atoms with Gasteiger partial charge < -0.3 is 37.8 Å². The number of nitrogens with one attached hydrogen (secondary N) is 4. The third-order valence-corrected chi connectivity index (χ3v) is 7.04. The van der Waals surface area contributed by atoms with Crippen molar-refractivity contribution in [1.82, 2.24) is 21.3 Å². The van der Waals surface area contributed by atoms with Crippen molar-refractivity contribution in [1.29, 1.82) is 0 Å². The third kappa shape index (κ3) is 11.6. The van der Waals surface area contributed by atoms with Crippen LogP contribution in [0.2, 0.25) is 0 Å². The Morgan fingerprint density at radius 2 is 1.29 bits per heavy atom. The second-order valence-corrected chi connectivity index (χ2v) is 10.3. The molecule has 0 aliphatic carbocycles. The van der Waals surface area contributed by atoms with Crippen molar-refractivity contribution in [3.8, 4) is 0 Å². The van der Waals surface area contributed by atoms with Crippen molar-refractivity contribution < 1.29 is 33.9 Å². The topological polar surface area (TPSA) is 223 Å². The van der Waals surface area contributed by atoms with Crippen LogP contribution >= 0.6 is 0 Å². The Labute approximate surface area is 240 Å². The monoisotopic (exact) mass is 576 g/mol. The summed E-state index contributed by atoms with van der Waals surface area (Å²) in [6.45, 7) is 8.47. The summed E-state index contributed by atoms with van der Waals surface area (Å²) in [7, 11) is 0. The maximum absolute atomic E-state index is 13.2. The normalized spacial score (nSPS) is 16.0. The van der Waals surface area contributed by atoms with Gasteiger partial charge in [0, 0.05) is 6.42 Å². The molecule has 1 rings (SSSR count). The number of amides is 5. The summed E-state index contributed by atoms with van der Waals surface area (Å²) in [5, 5.41) is 19.4. The van der Waals surface area contributed by atoms with E-state index in [2.05, 4.69) is 21.3 Å². The molecule has 0 aliphatic heterocycles. The molecule has 0 bridgehead atoms. The SMILES string of the molecule is CC[C@H](C)[C@H](N)C(=O)N[C@@H](Cc1ccccc1)C(=O)N[C@@H](C)C(=O)N[C@@H](CC(N)=O)C(=O)N[C@H](C(=O)O)[C@@H](C)CC. The molecule has 0 aliphatic rings. The standard InChI is InChI=1S/C28H44N6O7/c1-6-15(3)22(30)27(39)33-19(13-18-11-9-8-10-12-18)25(37)31-17(5)24(36)32-20(14-21(29)35)26(38)34-23(28(40)41)16(4)7-2/h8-12,15-17,19-20,22-23H,6-7,13-14,30H2,1-5H3,(H2,29,35)(H,31,37)(H,32,36)(H,33,39)(H,34,38)(H,40,41)/t15-,16-,17-,19-,20-,22-,23-/m0/s1. The van der Waals surface area contributed by atoms with Gasteiger partial charge in [-0.15, -0.1) is 0 Å². The molecular formula is C28H44N6O7. The lowest BCUT2D eigenvalue weighted by Gasteiger charge is -2.26. The average molecular weight is 577 g/mol. The van der Waals surface area contributed by atoms with Crippen molar-refractivity contribution >= 4 is 35.5 Å². The Morgan fingerprint density at radius 3 is 1.80 bits per heavy atom. The summed E-state index contributed by atoms with van der Waals surface area (Å²) in [6, 6.07) is 3.12. The number of carboxylic acids is 1. The molecule has 13 nitrogen and oxygen atoms in total. The van der Waals surface area contributed by atoms with Crippen molar-refractivity contribution in [2.24, 2.45) is 23.3 Å². The van der Waals surface area contributed by atoms with Gasteiger partial charge in [0.05, 0.1) is 12.5 Å². The second-order valence-electron chi connectivity index (χ2n) is 10.3. The maximum atomic E-state index is 13.2. The van der Waals surface area contributed by atoms with Crippen molar-refractivity contribution in [2.75, 3.05) is 0 Å². The fourth-order valence-corrected chi connectivity index (χ4v) is 3.86. The summed E-state index contributed by atoms with van der Waals surface area (Å²) in [5.41, 5.74) is 12.1. The molecule has 7 atom stereocenters. The maximum Gasteiger partial charge on any atom is 0.326 e. The highest BCUT2D eigenvalue weighted by atomic mass is 16.4. The van der Waals surface area contributed by atoms with E-state index >= 15 is 0 Å². The minimum atomic E-state index is -1.47. The Kier molecular flexibility index (Phi) is 14.5. The molecule has 0 saturated heterocycles. The number of hydrogen-bond donors (Lipinski definition) is 7. The highest BCUT2D eigenvalue weighted by Gasteiger charge is 2.32. The number of carboxylic acid groups (broad SMARTS) is 1. The number of nitrogens with two attached hydrogens (primary N) is 2. The van der Waals surface area contributed by atoms with Crippen LogP contribution in [-0.2, 0) is 35.2 Å². The predicted molar refractivity (Wildman–Crippen MR) is 152 cm³/mol. The van der Waals surface area contributed by atoms with Gasteiger partial charge in [-0.25, -0.2) is 4.79 Å². The van der Waals surface area contributed by atoms with Gasteiger partial charge in [-0.2, -0.15) is 0 Å². The highest BCUT2D eigenvalue weighted by molar-refractivity contribution is 5.96. The number of carbonyl (C=O) groups is 6. The molecule has 1 aromatic rings. The van der Waals surface area contributed by atoms with E-state index in [1.54, 1.807) is 38.1 Å². The van der Waals surface area contributed by atoms with Gasteiger partial charge in [0.1, 0.15) is 24.2 Å². The molecule has 0 fully saturated rings. The van der Waals surface area contributed by atoms with Crippen molar-refractivity contribution in [3.05, 3.63) is 35.9 Å². The molecule has 0 unspecified atom stereocenters. The first kappa shape index (κ1) is 35.0. The molecule has 0 radical (unpaired) electrons. The van der Waals surface area contributed by atoms with Crippen LogP contribution < -0.4 is 32.7 Å². The van der Waals surface area contributed by atoms with Crippen LogP contribution in [0.1, 0.15) is 59.4 Å². The molecule has 9 N–H and O–H groups in total. The van der Waals surface area contributed by atoms with E-state index in [4.69, 9.17) is 11.5 Å². The zero-order valence-electron chi connectivity index (χ0n) is 24.3. The molecule has 0 heterocycles. The van der Waals surface area contributed by atoms with Gasteiger partial charge in [-0.3, -0.25) is 24.0 Å². The first-order valence-corrected chi connectivity index (χ1v) is 13.7. The van der Waals surface area contributed by atoms with Crippen LogP contribution in [0, 0.1) is 11.8 Å². The van der Waals surface area contributed by atoms with Crippen LogP contribution in [0.15, 0.2) is 30.3 Å². The van der Waals surface area contributed by atoms with Crippen LogP contribution in [0.25, 0.3) is 0 Å². The van der Waals surface area contributed by atoms with Crippen molar-refractivity contribution in [3.63, 3.8) is 0 Å². The van der Waals surface area contributed by atoms with Crippen LogP contribution in [-0.4, -0.2) is 70.8 Å². The van der Waals surface area contributed by atoms with E-state index in [1.807, 2.05) is 19.9 Å². The zero-order chi connectivity index (χ0) is 31.3. The Bertz CT molecular complexity index is 1070. The third-order valence-electron chi connectivity index (χ3n) is 7.04. The van der Waals surface area contributed by atoms with E-state index in [1.165, 1.54) is 6.92 Å². The van der Waals surface area contributed by atoms with E-state index in [0.717, 1.165) is 5.56 Å². The van der Waals surface area contributed by atoms with E-state index < -0.39 is 78.1 Å². The summed E-state index contributed by atoms with van der Waals surface area (Å²) < 4.78 is 0. The fourth-order valence-electron chi connectivity index (χ4n) is 3.86. The van der Waals surface area contributed by atoms with Crippen LogP contribution in [0.3, 0.4) is 0 Å². The summed E-state index contributed by atoms with van der Waals surface area (Å²) in [5.74, 6) is -5.63. The molecule has 0 saturated carbocycles. The summed E-state index contributed by atoms with van der Waals surface area (Å²) >= 11 is 0. The number of aliphatic carboxylic acids is 1. The molecule has 41 heavy (non-hydrogen) atoms. The number of primary amides is 1. The molecule has 228 valence electrons. The van der Waals surface area contributed by atoms with Gasteiger partial charge in [0.15, 0.2) is 0 Å². The molecule has 1 aromatic carbocycles. The smallest absolute Gasteiger partial charge is 0.326 e. The lowest BCUT2D eigenvalue weighted by Crippen LogP contribution is -2.59. The zero-order valence-corrected chi connectivity index (χ0v) is 24.3. The molecule has 0 spiro atoms. The predicted octanol–water partition coefficient (Wildman–Crippen LogP) is -0.432. The van der Waals surface area contributed by atoms with Gasteiger partial charge in [-0.05, 0) is 24.3 Å². The Hall–Kier alpha value is -4.00. The first-order valence-electron chi connectivity index (χ1n) is 13.7. The first-order chi connectivity index (χ1) is 19.2. The fraction of sp³-hybridized carbons (Fsp3) is 0.571. The van der Waals surface area contributed by atoms with Gasteiger partial charge in [-0.1, -0.05) is 70.9 Å². The van der Waals surface area contributed by atoms with Crippen molar-refractivity contribution in [2.45, 2.75) is 90.5 Å². The number of hydrogen-bond acceptors (Lipinski definition) is 7. The summed E-state index contributed by atoms with van der Waals surface area (Å²) in [4.78, 5) is 75.0. The Morgan fingerprint density at radius 1 is 0.756 bits per heavy atom. The minimum Gasteiger partial charge on any atom is -0.480 e. The van der Waals surface area contributed by atoms with Crippen LogP contribution in [0.4, 0.5) is 0 Å². The van der Waals surface area contributed by atoms with Gasteiger partial charge in [0.25, 0.3) is 0 Å². The summed E-state index contributed by atoms with van der Waals surface area (Å²) in [6.07, 6.45) is 0.645. The Balaban J connectivity index is 3.04. The largest absolute Gasteiger partial charge is 0.480 e. The number of rotatable bonds is 17. The van der Waals surface area contributed by atoms with Gasteiger partial charge >= 0.3 is 5.97 Å². The van der Waals surface area contributed by atoms with E-state index in [0.29, 0.717) is 12.8 Å². The van der Waals surface area contributed by atoms with E-state index in [9.17, 15) is 33.9 Å². The molecular weight excluding hydrogens is 532 g/mol. The van der Waals surface area contributed by atoms with Crippen LogP contribution in [0.5, 0.6) is 0 Å². The molecule has 0 aromatic heterocycles. The number of carbonyl (C=O) groups excluding carboxylic acids is 5. The van der Waals surface area contributed by atoms with E-state index in [-0.39, 0.29) is 12.3 Å². The minimum absolute atomic E-state index is 0.124. The van der Waals surface area contributed by atoms with Gasteiger partial charge in [0.2, 0.25) is 29.5 Å². The lowest BCUT2D eigenvalue weighted by molar-refractivity contribution is -0.144. The second kappa shape index (κ2) is 17.0. The molecule has 13 heteroatoms. The highest BCUT2D eigenvalue weighted by Crippen LogP contribution is 2.10. The average Bonchev–Trinajstić information content (AvgIpc) is 2.93. The lowest BCUT2D eigenvalue weighted by atomic mass is 9.98. The number of benzene rings is 1. The quantitative estimate of drug-likeness (QED) is 0.128. The molecule has 5 amide bonds.